The quantitative estimate of drug-likeness (QED) is 0.352. The van der Waals surface area contributed by atoms with Crippen molar-refractivity contribution < 1.29 is 19.1 Å². The summed E-state index contributed by atoms with van der Waals surface area (Å²) in [5, 5.41) is 0. The molecule has 0 aromatic heterocycles. The maximum Gasteiger partial charge on any atom is 0.193 e. The third-order valence-corrected chi connectivity index (χ3v) is 5.34. The number of carbonyl (C=O) groups is 2. The van der Waals surface area contributed by atoms with E-state index in [2.05, 4.69) is 0 Å². The number of ketones is 2. The van der Waals surface area contributed by atoms with Crippen molar-refractivity contribution in [1.82, 2.24) is 0 Å². The lowest BCUT2D eigenvalue weighted by Gasteiger charge is -2.13. The second-order valence-corrected chi connectivity index (χ2v) is 7.21. The third kappa shape index (κ3) is 4.16. The zero-order valence-corrected chi connectivity index (χ0v) is 17.9. The highest BCUT2D eigenvalue weighted by atomic mass is 16.5. The molecule has 0 aliphatic heterocycles. The van der Waals surface area contributed by atoms with Crippen molar-refractivity contribution in [3.63, 3.8) is 0 Å². The molecule has 0 aliphatic rings. The minimum absolute atomic E-state index is 0.116. The van der Waals surface area contributed by atoms with Crippen molar-refractivity contribution in [2.24, 2.45) is 0 Å². The van der Waals surface area contributed by atoms with E-state index >= 15 is 0 Å². The van der Waals surface area contributed by atoms with Gasteiger partial charge in [0.1, 0.15) is 11.5 Å². The summed E-state index contributed by atoms with van der Waals surface area (Å²) in [6, 6.07) is 28.7. The lowest BCUT2D eigenvalue weighted by molar-refractivity contribution is 0.103. The third-order valence-electron chi connectivity index (χ3n) is 5.34. The zero-order valence-electron chi connectivity index (χ0n) is 17.9. The van der Waals surface area contributed by atoms with Crippen LogP contribution >= 0.6 is 0 Å². The molecule has 0 unspecified atom stereocenters. The second kappa shape index (κ2) is 9.31. The van der Waals surface area contributed by atoms with E-state index in [1.807, 2.05) is 36.4 Å². The van der Waals surface area contributed by atoms with Crippen molar-refractivity contribution in [3.05, 3.63) is 119 Å². The summed E-state index contributed by atoms with van der Waals surface area (Å²) in [5.41, 5.74) is 3.60. The van der Waals surface area contributed by atoms with Gasteiger partial charge < -0.3 is 9.47 Å². The minimum Gasteiger partial charge on any atom is -0.497 e. The van der Waals surface area contributed by atoms with Crippen LogP contribution in [0.15, 0.2) is 97.1 Å². The van der Waals surface area contributed by atoms with Crippen molar-refractivity contribution in [2.75, 3.05) is 14.2 Å². The van der Waals surface area contributed by atoms with Crippen LogP contribution in [-0.2, 0) is 0 Å². The summed E-state index contributed by atoms with van der Waals surface area (Å²) in [4.78, 5) is 26.6. The Balaban J connectivity index is 1.77. The first-order valence-corrected chi connectivity index (χ1v) is 10.2. The number of rotatable bonds is 7. The van der Waals surface area contributed by atoms with E-state index in [4.69, 9.17) is 9.47 Å². The fraction of sp³-hybridized carbons (Fsp3) is 0.0714. The Labute approximate surface area is 187 Å². The number of ether oxygens (including phenoxy) is 2. The summed E-state index contributed by atoms with van der Waals surface area (Å²) in [7, 11) is 3.17. The Morgan fingerprint density at radius 2 is 0.844 bits per heavy atom. The molecule has 0 fully saturated rings. The zero-order chi connectivity index (χ0) is 22.5. The maximum atomic E-state index is 13.3. The fourth-order valence-corrected chi connectivity index (χ4v) is 3.63. The average molecular weight is 422 g/mol. The predicted octanol–water partition coefficient (Wildman–Crippen LogP) is 5.83. The average Bonchev–Trinajstić information content (AvgIpc) is 2.88. The van der Waals surface area contributed by atoms with Gasteiger partial charge in [-0.15, -0.1) is 0 Å². The molecule has 0 saturated carbocycles. The number of hydrogen-bond acceptors (Lipinski definition) is 4. The predicted molar refractivity (Wildman–Crippen MR) is 125 cm³/mol. The molecular weight excluding hydrogens is 400 g/mol. The van der Waals surface area contributed by atoms with Crippen LogP contribution in [0.5, 0.6) is 11.5 Å². The summed E-state index contributed by atoms with van der Waals surface area (Å²) in [5.74, 6) is 1.14. The van der Waals surface area contributed by atoms with Gasteiger partial charge in [-0.1, -0.05) is 48.5 Å². The van der Waals surface area contributed by atoms with E-state index in [0.29, 0.717) is 44.9 Å². The number of methoxy groups -OCH3 is 2. The van der Waals surface area contributed by atoms with Crippen molar-refractivity contribution in [2.45, 2.75) is 0 Å². The molecule has 0 atom stereocenters. The van der Waals surface area contributed by atoms with Gasteiger partial charge in [-0.05, 0) is 59.7 Å². The highest BCUT2D eigenvalue weighted by Gasteiger charge is 2.20. The van der Waals surface area contributed by atoms with Crippen LogP contribution in [0, 0.1) is 0 Å². The lowest BCUT2D eigenvalue weighted by atomic mass is 9.89. The maximum absolute atomic E-state index is 13.3. The molecule has 4 heteroatoms. The highest BCUT2D eigenvalue weighted by molar-refractivity contribution is 6.17. The molecule has 4 aromatic carbocycles. The van der Waals surface area contributed by atoms with Crippen molar-refractivity contribution >= 4 is 11.6 Å². The Kier molecular flexibility index (Phi) is 6.13. The first-order chi connectivity index (χ1) is 15.6. The summed E-state index contributed by atoms with van der Waals surface area (Å²) >= 11 is 0. The second-order valence-electron chi connectivity index (χ2n) is 7.21. The van der Waals surface area contributed by atoms with Crippen molar-refractivity contribution in [3.8, 4) is 22.6 Å². The van der Waals surface area contributed by atoms with Gasteiger partial charge in [0.2, 0.25) is 0 Å². The van der Waals surface area contributed by atoms with E-state index in [1.165, 1.54) is 0 Å². The van der Waals surface area contributed by atoms with Crippen LogP contribution in [-0.4, -0.2) is 25.8 Å². The van der Waals surface area contributed by atoms with Crippen molar-refractivity contribution in [1.29, 1.82) is 0 Å². The van der Waals surface area contributed by atoms with E-state index in [0.717, 1.165) is 0 Å². The standard InChI is InChI=1S/C28H22O4/c1-31-21-15-11-19(12-16-21)27(29)25-9-5-3-7-23(25)24-8-4-6-10-26(24)28(30)20-13-17-22(32-2)18-14-20/h3-18H,1-2H3. The Bertz CT molecular complexity index is 1150. The summed E-state index contributed by atoms with van der Waals surface area (Å²) in [6.45, 7) is 0. The fourth-order valence-electron chi connectivity index (χ4n) is 3.63. The summed E-state index contributed by atoms with van der Waals surface area (Å²) < 4.78 is 10.4. The number of benzene rings is 4. The van der Waals surface area contributed by atoms with Crippen LogP contribution in [0.4, 0.5) is 0 Å². The smallest absolute Gasteiger partial charge is 0.193 e. The molecule has 0 heterocycles. The molecule has 0 bridgehead atoms. The number of hydrogen-bond donors (Lipinski definition) is 0. The molecule has 0 spiro atoms. The van der Waals surface area contributed by atoms with E-state index in [9.17, 15) is 9.59 Å². The first kappa shape index (κ1) is 21.1. The van der Waals surface area contributed by atoms with Gasteiger partial charge in [0.15, 0.2) is 11.6 Å². The van der Waals surface area contributed by atoms with Crippen LogP contribution < -0.4 is 9.47 Å². The van der Waals surface area contributed by atoms with E-state index in [1.54, 1.807) is 74.9 Å². The molecule has 4 aromatic rings. The monoisotopic (exact) mass is 422 g/mol. The molecule has 0 saturated heterocycles. The van der Waals surface area contributed by atoms with Gasteiger partial charge in [-0.2, -0.15) is 0 Å². The molecular formula is C28H22O4. The largest absolute Gasteiger partial charge is 0.497 e. The molecule has 0 N–H and O–H groups in total. The van der Waals surface area contributed by atoms with Gasteiger partial charge in [0.05, 0.1) is 14.2 Å². The van der Waals surface area contributed by atoms with Gasteiger partial charge in [0.25, 0.3) is 0 Å². The van der Waals surface area contributed by atoms with Gasteiger partial charge in [-0.25, -0.2) is 0 Å². The Morgan fingerprint density at radius 3 is 1.19 bits per heavy atom. The normalized spacial score (nSPS) is 10.4. The van der Waals surface area contributed by atoms with Crippen LogP contribution in [0.25, 0.3) is 11.1 Å². The molecule has 0 aliphatic carbocycles. The minimum atomic E-state index is -0.116. The van der Waals surface area contributed by atoms with Crippen LogP contribution in [0.2, 0.25) is 0 Å². The van der Waals surface area contributed by atoms with Gasteiger partial charge in [-0.3, -0.25) is 9.59 Å². The lowest BCUT2D eigenvalue weighted by Crippen LogP contribution is -2.07. The highest BCUT2D eigenvalue weighted by Crippen LogP contribution is 2.31. The topological polar surface area (TPSA) is 52.6 Å². The van der Waals surface area contributed by atoms with E-state index in [-0.39, 0.29) is 11.6 Å². The van der Waals surface area contributed by atoms with E-state index < -0.39 is 0 Å². The molecule has 4 nitrogen and oxygen atoms in total. The molecule has 4 rings (SSSR count). The van der Waals surface area contributed by atoms with Crippen LogP contribution in [0.1, 0.15) is 31.8 Å². The number of carbonyl (C=O) groups excluding carboxylic acids is 2. The van der Waals surface area contributed by atoms with Crippen LogP contribution in [0.3, 0.4) is 0 Å². The first-order valence-electron chi connectivity index (χ1n) is 10.2. The van der Waals surface area contributed by atoms with Gasteiger partial charge in [0, 0.05) is 22.3 Å². The molecule has 32 heavy (non-hydrogen) atoms. The Morgan fingerprint density at radius 1 is 0.500 bits per heavy atom. The Hall–Kier alpha value is -4.18. The molecule has 0 amide bonds. The van der Waals surface area contributed by atoms with Gasteiger partial charge >= 0.3 is 0 Å². The molecule has 0 radical (unpaired) electrons. The summed E-state index contributed by atoms with van der Waals surface area (Å²) in [6.07, 6.45) is 0. The SMILES string of the molecule is COc1ccc(C(=O)c2ccccc2-c2ccccc2C(=O)c2ccc(OC)cc2)cc1. The molecule has 158 valence electrons.